The largest absolute Gasteiger partial charge is 0.465 e. The molecule has 1 N–H and O–H groups in total. The summed E-state index contributed by atoms with van der Waals surface area (Å²) in [6.07, 6.45) is -4.50. The highest BCUT2D eigenvalue weighted by Crippen LogP contribution is 2.33. The molecular weight excluding hydrogens is 509 g/mol. The van der Waals surface area contributed by atoms with E-state index in [1.165, 1.54) is 13.0 Å². The fourth-order valence-corrected chi connectivity index (χ4v) is 4.59. The van der Waals surface area contributed by atoms with Gasteiger partial charge in [-0.3, -0.25) is 14.4 Å². The molecule has 4 aromatic rings. The molecule has 2 aromatic carbocycles. The number of aromatic nitrogens is 3. The van der Waals surface area contributed by atoms with Crippen LogP contribution >= 0.6 is 11.3 Å². The minimum atomic E-state index is -4.50. The monoisotopic (exact) mass is 530 g/mol. The fourth-order valence-electron chi connectivity index (χ4n) is 3.70. The van der Waals surface area contributed by atoms with Crippen molar-refractivity contribution in [3.05, 3.63) is 75.0 Å². The van der Waals surface area contributed by atoms with Crippen molar-refractivity contribution < 1.29 is 27.5 Å². The summed E-state index contributed by atoms with van der Waals surface area (Å²) in [6.45, 7) is 2.52. The van der Waals surface area contributed by atoms with Crippen LogP contribution in [-0.2, 0) is 28.8 Å². The Kier molecular flexibility index (Phi) is 7.39. The second-order valence-electron chi connectivity index (χ2n) is 7.93. The van der Waals surface area contributed by atoms with Gasteiger partial charge in [0.2, 0.25) is 0 Å². The lowest BCUT2D eigenvalue weighted by molar-refractivity contribution is -0.144. The van der Waals surface area contributed by atoms with E-state index in [4.69, 9.17) is 4.74 Å². The molecule has 37 heavy (non-hydrogen) atoms. The molecule has 0 aliphatic heterocycles. The van der Waals surface area contributed by atoms with Crippen LogP contribution in [0, 0.1) is 0 Å². The van der Waals surface area contributed by atoms with Crippen molar-refractivity contribution in [3.8, 4) is 11.3 Å². The zero-order valence-corrected chi connectivity index (χ0v) is 20.6. The number of ketones is 1. The Hall–Kier alpha value is -4.06. The van der Waals surface area contributed by atoms with Gasteiger partial charge in [-0.2, -0.15) is 18.3 Å². The van der Waals surface area contributed by atoms with Crippen molar-refractivity contribution in [3.63, 3.8) is 0 Å². The molecule has 0 aliphatic carbocycles. The first-order valence-corrected chi connectivity index (χ1v) is 12.0. The van der Waals surface area contributed by atoms with E-state index in [1.807, 2.05) is 0 Å². The second kappa shape index (κ2) is 10.5. The van der Waals surface area contributed by atoms with Gasteiger partial charge < -0.3 is 10.1 Å². The summed E-state index contributed by atoms with van der Waals surface area (Å²) >= 11 is 1.15. The predicted molar refractivity (Wildman–Crippen MR) is 133 cm³/mol. The normalized spacial score (nSPS) is 11.5. The van der Waals surface area contributed by atoms with E-state index in [2.05, 4.69) is 15.4 Å². The summed E-state index contributed by atoms with van der Waals surface area (Å²) in [5, 5.41) is 7.61. The van der Waals surface area contributed by atoms with Gasteiger partial charge in [-0.15, -0.1) is 11.3 Å². The highest BCUT2D eigenvalue weighted by Gasteiger charge is 2.31. The highest BCUT2D eigenvalue weighted by molar-refractivity contribution is 7.18. The Morgan fingerprint density at radius 3 is 2.51 bits per heavy atom. The van der Waals surface area contributed by atoms with Gasteiger partial charge in [0.05, 0.1) is 34.5 Å². The molecule has 192 valence electrons. The third-order valence-electron chi connectivity index (χ3n) is 5.31. The Morgan fingerprint density at radius 2 is 1.86 bits per heavy atom. The number of carbonyl (C=O) groups is 2. The molecule has 4 rings (SSSR count). The van der Waals surface area contributed by atoms with Gasteiger partial charge in [0.25, 0.3) is 5.56 Å². The summed E-state index contributed by atoms with van der Waals surface area (Å²) < 4.78 is 45.6. The van der Waals surface area contributed by atoms with E-state index in [0.717, 1.165) is 28.2 Å². The summed E-state index contributed by atoms with van der Waals surface area (Å²) in [7, 11) is 0. The van der Waals surface area contributed by atoms with Crippen LogP contribution in [0.1, 0.15) is 34.8 Å². The lowest BCUT2D eigenvalue weighted by atomic mass is 10.0. The Morgan fingerprint density at radius 1 is 1.14 bits per heavy atom. The van der Waals surface area contributed by atoms with E-state index in [-0.39, 0.29) is 35.6 Å². The maximum atomic E-state index is 13.3. The van der Waals surface area contributed by atoms with Gasteiger partial charge in [-0.25, -0.2) is 9.67 Å². The molecule has 2 heterocycles. The summed E-state index contributed by atoms with van der Waals surface area (Å²) in [5.41, 5.74) is -0.697. The standard InChI is InChI=1S/C25H21F3N4O4S/c1-3-36-20(34)13-32-24(35)23(21(14(2)33)22(31-32)15-7-5-4-6-8-15)29-12-19-30-17-11-16(25(26,27)28)9-10-18(17)37-19/h4-11,29H,3,12-13H2,1-2H3. The van der Waals surface area contributed by atoms with E-state index in [9.17, 15) is 27.6 Å². The van der Waals surface area contributed by atoms with Crippen LogP contribution in [0.5, 0.6) is 0 Å². The van der Waals surface area contributed by atoms with Gasteiger partial charge in [0.15, 0.2) is 5.78 Å². The van der Waals surface area contributed by atoms with E-state index in [1.54, 1.807) is 37.3 Å². The number of nitrogens with one attached hydrogen (secondary N) is 1. The number of nitrogens with zero attached hydrogens (tertiary/aromatic N) is 3. The number of hydrogen-bond donors (Lipinski definition) is 1. The summed E-state index contributed by atoms with van der Waals surface area (Å²) in [5.74, 6) is -1.11. The molecule has 0 spiro atoms. The lowest BCUT2D eigenvalue weighted by Crippen LogP contribution is -2.32. The molecule has 0 fully saturated rings. The number of hydrogen-bond acceptors (Lipinski definition) is 8. The predicted octanol–water partition coefficient (Wildman–Crippen LogP) is 4.92. The van der Waals surface area contributed by atoms with Gasteiger partial charge in [0.1, 0.15) is 22.9 Å². The molecule has 0 radical (unpaired) electrons. The third kappa shape index (κ3) is 5.69. The van der Waals surface area contributed by atoms with Crippen LogP contribution in [0.15, 0.2) is 53.3 Å². The molecule has 2 aromatic heterocycles. The van der Waals surface area contributed by atoms with Crippen LogP contribution in [0.4, 0.5) is 18.9 Å². The first-order chi connectivity index (χ1) is 17.6. The summed E-state index contributed by atoms with van der Waals surface area (Å²) in [4.78, 5) is 42.4. The molecule has 0 aliphatic rings. The van der Waals surface area contributed by atoms with Crippen molar-refractivity contribution >= 4 is 39.0 Å². The number of thiazole rings is 1. The maximum absolute atomic E-state index is 13.3. The summed E-state index contributed by atoms with van der Waals surface area (Å²) in [6, 6.07) is 12.0. The fraction of sp³-hybridized carbons (Fsp3) is 0.240. The van der Waals surface area contributed by atoms with Gasteiger partial charge in [0, 0.05) is 5.56 Å². The number of Topliss-reactive ketones (excluding diaryl/α,β-unsaturated/α-hetero) is 1. The Labute approximate surface area is 212 Å². The molecule has 0 saturated heterocycles. The smallest absolute Gasteiger partial charge is 0.416 e. The van der Waals surface area contributed by atoms with Crippen LogP contribution in [0.3, 0.4) is 0 Å². The minimum absolute atomic E-state index is 0.0248. The first kappa shape index (κ1) is 26.0. The van der Waals surface area contributed by atoms with E-state index < -0.39 is 35.6 Å². The molecule has 0 unspecified atom stereocenters. The maximum Gasteiger partial charge on any atom is 0.416 e. The SMILES string of the molecule is CCOC(=O)Cn1nc(-c2ccccc2)c(C(C)=O)c(NCc2nc3cc(C(F)(F)F)ccc3s2)c1=O. The quantitative estimate of drug-likeness (QED) is 0.255. The molecule has 12 heteroatoms. The van der Waals surface area contributed by atoms with Crippen LogP contribution < -0.4 is 10.9 Å². The number of alkyl halides is 3. The van der Waals surface area contributed by atoms with Crippen molar-refractivity contribution in [2.45, 2.75) is 33.1 Å². The molecular formula is C25H21F3N4O4S. The van der Waals surface area contributed by atoms with Crippen LogP contribution in [-0.4, -0.2) is 33.1 Å². The molecule has 8 nitrogen and oxygen atoms in total. The topological polar surface area (TPSA) is 103 Å². The zero-order chi connectivity index (χ0) is 26.7. The average molecular weight is 531 g/mol. The Balaban J connectivity index is 1.77. The first-order valence-electron chi connectivity index (χ1n) is 11.2. The van der Waals surface area contributed by atoms with Gasteiger partial charge in [-0.1, -0.05) is 30.3 Å². The van der Waals surface area contributed by atoms with Gasteiger partial charge in [-0.05, 0) is 32.0 Å². The van der Waals surface area contributed by atoms with Crippen molar-refractivity contribution in [2.24, 2.45) is 0 Å². The number of fused-ring (bicyclic) bond motifs is 1. The minimum Gasteiger partial charge on any atom is -0.465 e. The number of ether oxygens (including phenoxy) is 1. The average Bonchev–Trinajstić information content (AvgIpc) is 3.26. The second-order valence-corrected chi connectivity index (χ2v) is 9.05. The van der Waals surface area contributed by atoms with Crippen molar-refractivity contribution in [2.75, 3.05) is 11.9 Å². The number of rotatable bonds is 8. The third-order valence-corrected chi connectivity index (χ3v) is 6.35. The number of anilines is 1. The highest BCUT2D eigenvalue weighted by atomic mass is 32.1. The van der Waals surface area contributed by atoms with Crippen molar-refractivity contribution in [1.29, 1.82) is 0 Å². The number of benzene rings is 2. The molecule has 0 amide bonds. The molecule has 0 atom stereocenters. The van der Waals surface area contributed by atoms with E-state index >= 15 is 0 Å². The Bertz CT molecular complexity index is 1530. The van der Waals surface area contributed by atoms with Crippen LogP contribution in [0.2, 0.25) is 0 Å². The molecule has 0 bridgehead atoms. The van der Waals surface area contributed by atoms with E-state index in [0.29, 0.717) is 15.3 Å². The molecule has 0 saturated carbocycles. The van der Waals surface area contributed by atoms with Crippen molar-refractivity contribution in [1.82, 2.24) is 14.8 Å². The van der Waals surface area contributed by atoms with Crippen LogP contribution in [0.25, 0.3) is 21.5 Å². The number of carbonyl (C=O) groups excluding carboxylic acids is 2. The van der Waals surface area contributed by atoms with Gasteiger partial charge >= 0.3 is 12.1 Å². The number of halogens is 3. The lowest BCUT2D eigenvalue weighted by Gasteiger charge is -2.16. The zero-order valence-electron chi connectivity index (χ0n) is 19.8. The number of esters is 1.